The fourth-order valence-corrected chi connectivity index (χ4v) is 1.70. The van der Waals surface area contributed by atoms with Gasteiger partial charge in [-0.25, -0.2) is 0 Å². The highest BCUT2D eigenvalue weighted by Gasteiger charge is 2.31. The standard InChI is InChI=1S/C12H14F3N3/c1-2-6-18(8-12(13,14)15)10-5-3-4-9(7-16)11(10)17/h3-5H,2,6,8,17H2,1H3. The molecule has 0 radical (unpaired) electrons. The molecular weight excluding hydrogens is 243 g/mol. The predicted octanol–water partition coefficient (Wildman–Crippen LogP) is 2.92. The molecule has 1 rings (SSSR count). The molecule has 0 aliphatic heterocycles. The van der Waals surface area contributed by atoms with Gasteiger partial charge in [-0.15, -0.1) is 0 Å². The van der Waals surface area contributed by atoms with Gasteiger partial charge in [-0.05, 0) is 18.6 Å². The number of nitrogens with two attached hydrogens (primary N) is 1. The third-order valence-electron chi connectivity index (χ3n) is 2.41. The quantitative estimate of drug-likeness (QED) is 0.844. The van der Waals surface area contributed by atoms with E-state index in [4.69, 9.17) is 11.0 Å². The second-order valence-corrected chi connectivity index (χ2v) is 3.89. The molecule has 0 aromatic heterocycles. The first-order valence-electron chi connectivity index (χ1n) is 5.49. The van der Waals surface area contributed by atoms with Crippen molar-refractivity contribution in [3.63, 3.8) is 0 Å². The lowest BCUT2D eigenvalue weighted by atomic mass is 10.1. The number of rotatable bonds is 4. The third-order valence-corrected chi connectivity index (χ3v) is 2.41. The molecule has 18 heavy (non-hydrogen) atoms. The number of nitrogen functional groups attached to an aromatic ring is 1. The minimum absolute atomic E-state index is 0.0951. The van der Waals surface area contributed by atoms with E-state index in [9.17, 15) is 13.2 Å². The topological polar surface area (TPSA) is 53.0 Å². The fourth-order valence-electron chi connectivity index (χ4n) is 1.70. The molecule has 3 nitrogen and oxygen atoms in total. The van der Waals surface area contributed by atoms with Gasteiger partial charge in [0, 0.05) is 6.54 Å². The van der Waals surface area contributed by atoms with Crippen LogP contribution in [-0.2, 0) is 0 Å². The van der Waals surface area contributed by atoms with Crippen LogP contribution >= 0.6 is 0 Å². The normalized spacial score (nSPS) is 11.1. The van der Waals surface area contributed by atoms with E-state index in [1.807, 2.05) is 6.07 Å². The van der Waals surface area contributed by atoms with Crippen molar-refractivity contribution in [2.24, 2.45) is 0 Å². The van der Waals surface area contributed by atoms with E-state index >= 15 is 0 Å². The van der Waals surface area contributed by atoms with Crippen molar-refractivity contribution in [2.75, 3.05) is 23.7 Å². The molecule has 0 atom stereocenters. The average molecular weight is 257 g/mol. The average Bonchev–Trinajstić information content (AvgIpc) is 2.27. The fraction of sp³-hybridized carbons (Fsp3) is 0.417. The first-order valence-corrected chi connectivity index (χ1v) is 5.49. The Balaban J connectivity index is 3.10. The molecule has 0 fully saturated rings. The first kappa shape index (κ1) is 14.2. The molecule has 0 bridgehead atoms. The van der Waals surface area contributed by atoms with E-state index in [1.54, 1.807) is 6.92 Å². The monoisotopic (exact) mass is 257 g/mol. The van der Waals surface area contributed by atoms with Crippen LogP contribution < -0.4 is 10.6 Å². The van der Waals surface area contributed by atoms with Gasteiger partial charge in [-0.3, -0.25) is 0 Å². The van der Waals surface area contributed by atoms with Crippen LogP contribution in [0.5, 0.6) is 0 Å². The summed E-state index contributed by atoms with van der Waals surface area (Å²) in [6.45, 7) is 0.951. The van der Waals surface area contributed by atoms with Gasteiger partial charge >= 0.3 is 6.18 Å². The highest BCUT2D eigenvalue weighted by molar-refractivity contribution is 5.74. The first-order chi connectivity index (χ1) is 8.39. The summed E-state index contributed by atoms with van der Waals surface area (Å²) >= 11 is 0. The maximum absolute atomic E-state index is 12.5. The van der Waals surface area contributed by atoms with Crippen molar-refractivity contribution >= 4 is 11.4 Å². The Hall–Kier alpha value is -1.90. The minimum Gasteiger partial charge on any atom is -0.396 e. The third kappa shape index (κ3) is 3.55. The number of alkyl halides is 3. The number of anilines is 2. The number of hydrogen-bond acceptors (Lipinski definition) is 3. The zero-order valence-corrected chi connectivity index (χ0v) is 9.96. The Kier molecular flexibility index (Phi) is 4.43. The van der Waals surface area contributed by atoms with Crippen LogP contribution in [0, 0.1) is 11.3 Å². The van der Waals surface area contributed by atoms with Gasteiger partial charge in [0.25, 0.3) is 0 Å². The number of halogens is 3. The maximum atomic E-state index is 12.5. The molecule has 0 spiro atoms. The summed E-state index contributed by atoms with van der Waals surface area (Å²) in [5.41, 5.74) is 6.26. The maximum Gasteiger partial charge on any atom is 0.405 e. The molecular formula is C12H14F3N3. The Labute approximate surface area is 104 Å². The number of hydrogen-bond donors (Lipinski definition) is 1. The predicted molar refractivity (Wildman–Crippen MR) is 64.1 cm³/mol. The number of nitrogens with zero attached hydrogens (tertiary/aromatic N) is 2. The van der Waals surface area contributed by atoms with Gasteiger partial charge in [-0.2, -0.15) is 18.4 Å². The van der Waals surface area contributed by atoms with Gasteiger partial charge in [0.05, 0.1) is 16.9 Å². The Morgan fingerprint density at radius 1 is 1.39 bits per heavy atom. The Morgan fingerprint density at radius 2 is 2.06 bits per heavy atom. The lowest BCUT2D eigenvalue weighted by molar-refractivity contribution is -0.119. The van der Waals surface area contributed by atoms with Crippen LogP contribution in [0.1, 0.15) is 18.9 Å². The van der Waals surface area contributed by atoms with Crippen LogP contribution in [-0.4, -0.2) is 19.3 Å². The van der Waals surface area contributed by atoms with Crippen molar-refractivity contribution in [1.82, 2.24) is 0 Å². The molecule has 0 amide bonds. The van der Waals surface area contributed by atoms with E-state index in [0.29, 0.717) is 6.42 Å². The number of nitriles is 1. The number of para-hydroxylation sites is 1. The molecule has 0 saturated heterocycles. The van der Waals surface area contributed by atoms with Gasteiger partial charge in [-0.1, -0.05) is 13.0 Å². The molecule has 1 aromatic rings. The molecule has 0 saturated carbocycles. The zero-order chi connectivity index (χ0) is 13.8. The van der Waals surface area contributed by atoms with E-state index in [1.165, 1.54) is 18.2 Å². The number of benzene rings is 1. The lowest BCUT2D eigenvalue weighted by Crippen LogP contribution is -2.35. The summed E-state index contributed by atoms with van der Waals surface area (Å²) < 4.78 is 37.4. The van der Waals surface area contributed by atoms with Gasteiger partial charge < -0.3 is 10.6 Å². The molecule has 0 unspecified atom stereocenters. The summed E-state index contributed by atoms with van der Waals surface area (Å²) in [4.78, 5) is 1.15. The summed E-state index contributed by atoms with van der Waals surface area (Å²) in [5, 5.41) is 8.82. The smallest absolute Gasteiger partial charge is 0.396 e. The van der Waals surface area contributed by atoms with Crippen LogP contribution in [0.25, 0.3) is 0 Å². The highest BCUT2D eigenvalue weighted by Crippen LogP contribution is 2.29. The van der Waals surface area contributed by atoms with E-state index in [2.05, 4.69) is 0 Å². The second-order valence-electron chi connectivity index (χ2n) is 3.89. The molecule has 0 aliphatic rings. The summed E-state index contributed by atoms with van der Waals surface area (Å²) in [6.07, 6.45) is -3.74. The van der Waals surface area contributed by atoms with Crippen molar-refractivity contribution < 1.29 is 13.2 Å². The highest BCUT2D eigenvalue weighted by atomic mass is 19.4. The minimum atomic E-state index is -4.30. The van der Waals surface area contributed by atoms with Gasteiger partial charge in [0.15, 0.2) is 0 Å². The summed E-state index contributed by atoms with van der Waals surface area (Å²) in [6, 6.07) is 6.37. The van der Waals surface area contributed by atoms with Crippen molar-refractivity contribution in [3.05, 3.63) is 23.8 Å². The van der Waals surface area contributed by atoms with Crippen molar-refractivity contribution in [3.8, 4) is 6.07 Å². The van der Waals surface area contributed by atoms with Crippen LogP contribution in [0.15, 0.2) is 18.2 Å². The van der Waals surface area contributed by atoms with Gasteiger partial charge in [0.2, 0.25) is 0 Å². The molecule has 0 heterocycles. The largest absolute Gasteiger partial charge is 0.405 e. The lowest BCUT2D eigenvalue weighted by Gasteiger charge is -2.27. The second kappa shape index (κ2) is 5.63. The summed E-state index contributed by atoms with van der Waals surface area (Å²) in [5.74, 6) is 0. The van der Waals surface area contributed by atoms with Crippen LogP contribution in [0.3, 0.4) is 0 Å². The van der Waals surface area contributed by atoms with E-state index in [-0.39, 0.29) is 23.5 Å². The molecule has 2 N–H and O–H groups in total. The van der Waals surface area contributed by atoms with E-state index in [0.717, 1.165) is 4.90 Å². The van der Waals surface area contributed by atoms with Crippen LogP contribution in [0.2, 0.25) is 0 Å². The molecule has 1 aromatic carbocycles. The van der Waals surface area contributed by atoms with Crippen molar-refractivity contribution in [2.45, 2.75) is 19.5 Å². The van der Waals surface area contributed by atoms with Gasteiger partial charge in [0.1, 0.15) is 12.6 Å². The Bertz CT molecular complexity index is 449. The van der Waals surface area contributed by atoms with Crippen molar-refractivity contribution in [1.29, 1.82) is 5.26 Å². The molecule has 98 valence electrons. The Morgan fingerprint density at radius 3 is 2.56 bits per heavy atom. The zero-order valence-electron chi connectivity index (χ0n) is 9.96. The molecule has 0 aliphatic carbocycles. The van der Waals surface area contributed by atoms with Crippen LogP contribution in [0.4, 0.5) is 24.5 Å². The SMILES string of the molecule is CCCN(CC(F)(F)F)c1cccc(C#N)c1N. The van der Waals surface area contributed by atoms with E-state index < -0.39 is 12.7 Å². The summed E-state index contributed by atoms with van der Waals surface area (Å²) in [7, 11) is 0. The molecule has 6 heteroatoms.